The highest BCUT2D eigenvalue weighted by molar-refractivity contribution is 6.00. The molecule has 1 aromatic heterocycles. The molecule has 8 heteroatoms. The first-order chi connectivity index (χ1) is 16.2. The van der Waals surface area contributed by atoms with Crippen LogP contribution in [0.1, 0.15) is 57.6 Å². The molecule has 34 heavy (non-hydrogen) atoms. The summed E-state index contributed by atoms with van der Waals surface area (Å²) < 4.78 is 61.3. The third kappa shape index (κ3) is 7.52. The van der Waals surface area contributed by atoms with Gasteiger partial charge >= 0.3 is 6.18 Å². The van der Waals surface area contributed by atoms with E-state index < -0.39 is 17.6 Å². The predicted octanol–water partition coefficient (Wildman–Crippen LogP) is 7.59. The van der Waals surface area contributed by atoms with E-state index in [4.69, 9.17) is 4.74 Å². The minimum absolute atomic E-state index is 0. The molecule has 0 amide bonds. The van der Waals surface area contributed by atoms with Crippen molar-refractivity contribution in [2.24, 2.45) is 4.99 Å². The Morgan fingerprint density at radius 3 is 2.68 bits per heavy atom. The van der Waals surface area contributed by atoms with Gasteiger partial charge in [-0.05, 0) is 69.0 Å². The zero-order chi connectivity index (χ0) is 24.6. The van der Waals surface area contributed by atoms with Crippen LogP contribution in [-0.2, 0) is 17.3 Å². The minimum Gasteiger partial charge on any atom is -0.379 e. The molecule has 0 atom stereocenters. The number of hydrogen-bond donors (Lipinski definition) is 1. The number of benzene rings is 1. The van der Waals surface area contributed by atoms with Crippen molar-refractivity contribution in [2.45, 2.75) is 58.2 Å². The molecule has 0 radical (unpaired) electrons. The molecule has 0 saturated carbocycles. The summed E-state index contributed by atoms with van der Waals surface area (Å²) in [6, 6.07) is 7.54. The van der Waals surface area contributed by atoms with Crippen LogP contribution in [0.2, 0.25) is 0 Å². The molecule has 0 fully saturated rings. The molecule has 4 nitrogen and oxygen atoms in total. The number of halogens is 4. The second kappa shape index (κ2) is 11.9. The highest BCUT2D eigenvalue weighted by atomic mass is 19.4. The van der Waals surface area contributed by atoms with Gasteiger partial charge in [-0.3, -0.25) is 4.98 Å². The van der Waals surface area contributed by atoms with E-state index in [1.54, 1.807) is 30.5 Å². The van der Waals surface area contributed by atoms with E-state index in [9.17, 15) is 17.6 Å². The van der Waals surface area contributed by atoms with Gasteiger partial charge in [-0.15, -0.1) is 0 Å². The summed E-state index contributed by atoms with van der Waals surface area (Å²) in [5.41, 5.74) is 0.401. The topological polar surface area (TPSA) is 46.5 Å². The Morgan fingerprint density at radius 1 is 1.15 bits per heavy atom. The van der Waals surface area contributed by atoms with Gasteiger partial charge in [0.2, 0.25) is 0 Å². The van der Waals surface area contributed by atoms with Crippen molar-refractivity contribution < 1.29 is 23.7 Å². The molecule has 1 aromatic carbocycles. The zero-order valence-electron chi connectivity index (χ0n) is 19.3. The maximum Gasteiger partial charge on any atom is 0.416 e. The molecule has 0 saturated heterocycles. The lowest BCUT2D eigenvalue weighted by atomic mass is 10.00. The zero-order valence-corrected chi connectivity index (χ0v) is 19.3. The number of aryl methyl sites for hydroxylation is 1. The fourth-order valence-electron chi connectivity index (χ4n) is 3.59. The second-order valence-electron chi connectivity index (χ2n) is 8.33. The Kier molecular flexibility index (Phi) is 8.98. The largest absolute Gasteiger partial charge is 0.416 e. The normalized spacial score (nSPS) is 14.4. The average Bonchev–Trinajstić information content (AvgIpc) is 2.97. The van der Waals surface area contributed by atoms with Crippen LogP contribution in [-0.4, -0.2) is 23.5 Å². The van der Waals surface area contributed by atoms with E-state index in [0.29, 0.717) is 30.8 Å². The first-order valence-electron chi connectivity index (χ1n) is 11.4. The van der Waals surface area contributed by atoms with E-state index in [1.807, 2.05) is 13.8 Å². The second-order valence-corrected chi connectivity index (χ2v) is 8.33. The van der Waals surface area contributed by atoms with Crippen LogP contribution in [0.5, 0.6) is 0 Å². The van der Waals surface area contributed by atoms with Gasteiger partial charge in [0.25, 0.3) is 0 Å². The highest BCUT2D eigenvalue weighted by Gasteiger charge is 2.33. The van der Waals surface area contributed by atoms with Crippen molar-refractivity contribution in [3.05, 3.63) is 77.4 Å². The third-order valence-electron chi connectivity index (χ3n) is 5.23. The smallest absolute Gasteiger partial charge is 0.379 e. The van der Waals surface area contributed by atoms with Crippen LogP contribution in [0.4, 0.5) is 23.2 Å². The first kappa shape index (κ1) is 25.6. The Bertz CT molecular complexity index is 1050. The Morgan fingerprint density at radius 2 is 1.97 bits per heavy atom. The van der Waals surface area contributed by atoms with Crippen LogP contribution in [0.25, 0.3) is 5.70 Å². The van der Waals surface area contributed by atoms with Gasteiger partial charge < -0.3 is 10.1 Å². The molecule has 184 valence electrons. The van der Waals surface area contributed by atoms with Crippen molar-refractivity contribution in [1.29, 1.82) is 0 Å². The number of nitrogens with zero attached hydrogens (tertiary/aromatic N) is 2. The molecule has 3 rings (SSSR count). The molecule has 0 aliphatic carbocycles. The maximum absolute atomic E-state index is 14.5. The molecule has 1 N–H and O–H groups in total. The van der Waals surface area contributed by atoms with Gasteiger partial charge in [0.15, 0.2) is 0 Å². The summed E-state index contributed by atoms with van der Waals surface area (Å²) in [5, 5.41) is 2.94. The molecule has 1 aliphatic heterocycles. The predicted molar refractivity (Wildman–Crippen MR) is 129 cm³/mol. The molecular formula is C26H31F4N3O. The third-order valence-corrected chi connectivity index (χ3v) is 5.23. The van der Waals surface area contributed by atoms with E-state index in [2.05, 4.69) is 15.3 Å². The van der Waals surface area contributed by atoms with Crippen LogP contribution in [0.15, 0.2) is 65.7 Å². The molecular weight excluding hydrogens is 446 g/mol. The SMILES string of the molecule is CC(C)OCCCCCc1ccc(NC2=NC(c3cccnc3)=C(F)C=CC2)cc1C(F)(F)F.[HH]. The number of allylic oxidation sites excluding steroid dienone is 2. The number of pyridine rings is 1. The first-order valence-corrected chi connectivity index (χ1v) is 11.4. The van der Waals surface area contributed by atoms with Crippen LogP contribution < -0.4 is 5.32 Å². The quantitative estimate of drug-likeness (QED) is 0.299. The fourth-order valence-corrected chi connectivity index (χ4v) is 3.59. The van der Waals surface area contributed by atoms with Gasteiger partial charge in [-0.1, -0.05) is 18.6 Å². The number of alkyl halides is 3. The number of rotatable bonds is 9. The van der Waals surface area contributed by atoms with E-state index in [0.717, 1.165) is 18.9 Å². The molecule has 0 unspecified atom stereocenters. The van der Waals surface area contributed by atoms with Gasteiger partial charge in [-0.25, -0.2) is 9.38 Å². The standard InChI is InChI=1S/C26H29F4N3O.H2/c1-18(2)34-15-5-3-4-8-19-12-13-21(16-22(19)26(28,29)30)32-24-11-6-10-23(27)25(33-24)20-9-7-14-31-17-20;/h6-7,9-10,12-14,16-18H,3-5,8,11,15H2,1-2H3,(H,32,33);1H. The monoisotopic (exact) mass is 477 g/mol. The Hall–Kier alpha value is -3.00. The number of hydrogen-bond acceptors (Lipinski definition) is 4. The average molecular weight is 478 g/mol. The van der Waals surface area contributed by atoms with Crippen LogP contribution >= 0.6 is 0 Å². The van der Waals surface area contributed by atoms with Gasteiger partial charge in [-0.2, -0.15) is 13.2 Å². The van der Waals surface area contributed by atoms with Crippen molar-refractivity contribution in [3.63, 3.8) is 0 Å². The van der Waals surface area contributed by atoms with Crippen molar-refractivity contribution in [2.75, 3.05) is 11.9 Å². The summed E-state index contributed by atoms with van der Waals surface area (Å²) in [5.74, 6) is -0.191. The summed E-state index contributed by atoms with van der Waals surface area (Å²) in [7, 11) is 0. The molecule has 1 aliphatic rings. The number of aliphatic imine (C=N–C) groups is 1. The number of anilines is 1. The summed E-state index contributed by atoms with van der Waals surface area (Å²) in [4.78, 5) is 8.33. The molecule has 0 bridgehead atoms. The lowest BCUT2D eigenvalue weighted by molar-refractivity contribution is -0.138. The van der Waals surface area contributed by atoms with E-state index >= 15 is 0 Å². The minimum atomic E-state index is -4.48. The maximum atomic E-state index is 14.5. The number of unbranched alkanes of at least 4 members (excludes halogenated alkanes) is 2. The number of nitrogens with one attached hydrogen (secondary N) is 1. The van der Waals surface area contributed by atoms with Crippen LogP contribution in [0, 0.1) is 0 Å². The van der Waals surface area contributed by atoms with Gasteiger partial charge in [0, 0.05) is 38.1 Å². The summed E-state index contributed by atoms with van der Waals surface area (Å²) in [6.45, 7) is 4.52. The molecule has 2 aromatic rings. The lowest BCUT2D eigenvalue weighted by Gasteiger charge is -2.16. The van der Waals surface area contributed by atoms with Crippen molar-refractivity contribution in [3.8, 4) is 0 Å². The molecule has 0 spiro atoms. The van der Waals surface area contributed by atoms with E-state index in [1.165, 1.54) is 18.3 Å². The van der Waals surface area contributed by atoms with E-state index in [-0.39, 0.29) is 30.9 Å². The summed E-state index contributed by atoms with van der Waals surface area (Å²) >= 11 is 0. The summed E-state index contributed by atoms with van der Waals surface area (Å²) in [6.07, 6.45) is 4.44. The number of ether oxygens (including phenoxy) is 1. The lowest BCUT2D eigenvalue weighted by Crippen LogP contribution is -2.14. The van der Waals surface area contributed by atoms with Crippen molar-refractivity contribution >= 4 is 17.2 Å². The van der Waals surface area contributed by atoms with Gasteiger partial charge in [0.05, 0.1) is 11.7 Å². The van der Waals surface area contributed by atoms with Gasteiger partial charge in [0.1, 0.15) is 17.4 Å². The molecule has 2 heterocycles. The number of amidine groups is 1. The Labute approximate surface area is 199 Å². The van der Waals surface area contributed by atoms with Crippen LogP contribution in [0.3, 0.4) is 0 Å². The highest BCUT2D eigenvalue weighted by Crippen LogP contribution is 2.35. The fraction of sp³-hybridized carbons (Fsp3) is 0.385. The Balaban J connectivity index is 0.00000432. The van der Waals surface area contributed by atoms with Crippen molar-refractivity contribution in [1.82, 2.24) is 4.98 Å². The number of aromatic nitrogens is 1.